The molecule has 7 heteroatoms. The van der Waals surface area contributed by atoms with Gasteiger partial charge in [-0.15, -0.1) is 5.10 Å². The first-order valence-electron chi connectivity index (χ1n) is 17.8. The van der Waals surface area contributed by atoms with E-state index in [1.807, 2.05) is 88.5 Å². The van der Waals surface area contributed by atoms with Gasteiger partial charge in [0.2, 0.25) is 0 Å². The highest BCUT2D eigenvalue weighted by Gasteiger charge is 2.21. The molecule has 0 aliphatic rings. The van der Waals surface area contributed by atoms with Gasteiger partial charge in [-0.3, -0.25) is 4.57 Å². The summed E-state index contributed by atoms with van der Waals surface area (Å²) in [7, 11) is 0. The molecule has 0 atom stereocenters. The van der Waals surface area contributed by atoms with Crippen molar-refractivity contribution in [3.63, 3.8) is 0 Å². The van der Waals surface area contributed by atoms with Crippen LogP contribution < -0.4 is 4.74 Å². The monoisotopic (exact) mass is 654 g/mol. The predicted molar refractivity (Wildman–Crippen MR) is 203 cm³/mol. The zero-order valence-electron chi connectivity index (χ0n) is 30.3. The highest BCUT2D eigenvalue weighted by molar-refractivity contribution is 6.12. The van der Waals surface area contributed by atoms with Gasteiger partial charge in [0.05, 0.1) is 45.8 Å². The van der Waals surface area contributed by atoms with Crippen LogP contribution in [0.4, 0.5) is 0 Å². The Kier molecular flexibility index (Phi) is 6.51. The minimum Gasteiger partial charge on any atom is -0.457 e. The minimum absolute atomic E-state index is 0.683. The van der Waals surface area contributed by atoms with Crippen LogP contribution in [0, 0.1) is 0 Å². The van der Waals surface area contributed by atoms with Crippen LogP contribution in [0.5, 0.6) is 11.5 Å². The third-order valence-corrected chi connectivity index (χ3v) is 9.49. The van der Waals surface area contributed by atoms with Crippen molar-refractivity contribution in [1.82, 2.24) is 29.1 Å². The summed E-state index contributed by atoms with van der Waals surface area (Å²) in [4.78, 5) is 4.97. The molecule has 0 fully saturated rings. The molecular formula is C43H36N6O. The van der Waals surface area contributed by atoms with Crippen molar-refractivity contribution < 1.29 is 7.48 Å². The molecule has 0 saturated heterocycles. The maximum absolute atomic E-state index is 9.16. The summed E-state index contributed by atoms with van der Waals surface area (Å²) in [6.45, 7) is 7.72. The number of para-hydroxylation sites is 3. The lowest BCUT2D eigenvalue weighted by Crippen LogP contribution is -2.04. The molecule has 5 aromatic carbocycles. The van der Waals surface area contributed by atoms with E-state index < -0.39 is 11.8 Å². The van der Waals surface area contributed by atoms with Gasteiger partial charge in [0.1, 0.15) is 17.3 Å². The van der Waals surface area contributed by atoms with Crippen LogP contribution in [0.15, 0.2) is 134 Å². The summed E-state index contributed by atoms with van der Waals surface area (Å²) in [6, 6.07) is 38.8. The zero-order valence-corrected chi connectivity index (χ0v) is 28.3. The lowest BCUT2D eigenvalue weighted by Gasteiger charge is -2.17. The van der Waals surface area contributed by atoms with Gasteiger partial charge in [0.15, 0.2) is 0 Å². The number of rotatable bonds is 7. The molecule has 0 N–H and O–H groups in total. The summed E-state index contributed by atoms with van der Waals surface area (Å²) in [6.07, 6.45) is 5.30. The Morgan fingerprint density at radius 3 is 1.98 bits per heavy atom. The van der Waals surface area contributed by atoms with E-state index in [9.17, 15) is 0 Å². The molecule has 9 rings (SSSR count). The number of benzene rings is 5. The molecule has 0 spiro atoms. The molecular weight excluding hydrogens is 617 g/mol. The summed E-state index contributed by atoms with van der Waals surface area (Å²) >= 11 is 0. The van der Waals surface area contributed by atoms with Crippen LogP contribution in [0.1, 0.15) is 53.4 Å². The van der Waals surface area contributed by atoms with E-state index in [-0.39, 0.29) is 0 Å². The van der Waals surface area contributed by atoms with Crippen molar-refractivity contribution in [3.8, 4) is 28.7 Å². The fourth-order valence-corrected chi connectivity index (χ4v) is 7.28. The largest absolute Gasteiger partial charge is 0.457 e. The van der Waals surface area contributed by atoms with Gasteiger partial charge >= 0.3 is 0 Å². The maximum atomic E-state index is 9.16. The van der Waals surface area contributed by atoms with Crippen molar-refractivity contribution in [2.24, 2.45) is 0 Å². The van der Waals surface area contributed by atoms with Gasteiger partial charge in [-0.2, -0.15) is 0 Å². The van der Waals surface area contributed by atoms with E-state index in [1.165, 1.54) is 0 Å². The van der Waals surface area contributed by atoms with Crippen molar-refractivity contribution in [1.29, 1.82) is 0 Å². The average Bonchev–Trinajstić information content (AvgIpc) is 3.86. The Morgan fingerprint density at radius 1 is 0.580 bits per heavy atom. The molecule has 4 aromatic heterocycles. The lowest BCUT2D eigenvalue weighted by atomic mass is 9.98. The predicted octanol–water partition coefficient (Wildman–Crippen LogP) is 10.9. The van der Waals surface area contributed by atoms with E-state index in [2.05, 4.69) is 80.1 Å². The van der Waals surface area contributed by atoms with Gasteiger partial charge in [-0.05, 0) is 59.3 Å². The normalized spacial score (nSPS) is 13.0. The minimum atomic E-state index is -0.865. The number of pyridine rings is 1. The van der Waals surface area contributed by atoms with Gasteiger partial charge < -0.3 is 9.30 Å². The Hall–Kier alpha value is -6.21. The molecule has 0 bridgehead atoms. The average molecular weight is 655 g/mol. The second-order valence-electron chi connectivity index (χ2n) is 13.1. The number of hydrogen-bond acceptors (Lipinski definition) is 4. The SMILES string of the molecule is [2H]C(C)(C)c1cccc2c3cccc(C([2H])(C)C)c3n(-c3ccnc(-n4c5ccccc5c5ccc(Oc6cccc(-n7ccnn7)c6)cc54)c3)c12. The summed E-state index contributed by atoms with van der Waals surface area (Å²) in [5, 5.41) is 12.4. The number of ether oxygens (including phenoxy) is 1. The van der Waals surface area contributed by atoms with E-state index >= 15 is 0 Å². The Balaban J connectivity index is 1.26. The molecule has 50 heavy (non-hydrogen) atoms. The first-order chi connectivity index (χ1) is 25.1. The molecule has 4 heterocycles. The van der Waals surface area contributed by atoms with Gasteiger partial charge in [0, 0.05) is 48.7 Å². The molecule has 0 radical (unpaired) electrons. The highest BCUT2D eigenvalue weighted by Crippen LogP contribution is 2.41. The van der Waals surface area contributed by atoms with Crippen LogP contribution in [0.2, 0.25) is 0 Å². The van der Waals surface area contributed by atoms with Crippen LogP contribution in [-0.2, 0) is 0 Å². The molecule has 0 saturated carbocycles. The van der Waals surface area contributed by atoms with Crippen LogP contribution >= 0.6 is 0 Å². The number of aromatic nitrogens is 6. The van der Waals surface area contributed by atoms with Crippen molar-refractivity contribution in [2.45, 2.75) is 39.5 Å². The van der Waals surface area contributed by atoms with Gasteiger partial charge in [0.25, 0.3) is 0 Å². The number of nitrogens with zero attached hydrogens (tertiary/aromatic N) is 6. The molecule has 0 unspecified atom stereocenters. The third-order valence-electron chi connectivity index (χ3n) is 9.49. The maximum Gasteiger partial charge on any atom is 0.139 e. The molecule has 244 valence electrons. The second-order valence-corrected chi connectivity index (χ2v) is 13.1. The first kappa shape index (κ1) is 27.7. The fourth-order valence-electron chi connectivity index (χ4n) is 7.28. The molecule has 7 nitrogen and oxygen atoms in total. The highest BCUT2D eigenvalue weighted by atomic mass is 16.5. The third kappa shape index (κ3) is 4.77. The van der Waals surface area contributed by atoms with Crippen molar-refractivity contribution in [2.75, 3.05) is 0 Å². The van der Waals surface area contributed by atoms with Crippen molar-refractivity contribution >= 4 is 43.6 Å². The molecule has 0 aliphatic heterocycles. The molecule has 0 amide bonds. The van der Waals surface area contributed by atoms with Crippen molar-refractivity contribution in [3.05, 3.63) is 145 Å². The Labute approximate surface area is 292 Å². The van der Waals surface area contributed by atoms with E-state index in [1.54, 1.807) is 17.1 Å². The lowest BCUT2D eigenvalue weighted by molar-refractivity contribution is 0.482. The second kappa shape index (κ2) is 11.7. The Morgan fingerprint density at radius 2 is 1.26 bits per heavy atom. The summed E-state index contributed by atoms with van der Waals surface area (Å²) in [5.41, 5.74) is 7.51. The fraction of sp³-hybridized carbons (Fsp3) is 0.140. The molecule has 0 aliphatic carbocycles. The molecule has 9 aromatic rings. The van der Waals surface area contributed by atoms with Crippen LogP contribution in [0.3, 0.4) is 0 Å². The Bertz CT molecular complexity index is 2730. The van der Waals surface area contributed by atoms with Crippen LogP contribution in [0.25, 0.3) is 60.8 Å². The number of fused-ring (bicyclic) bond motifs is 6. The van der Waals surface area contributed by atoms with Gasteiger partial charge in [-0.25, -0.2) is 9.67 Å². The summed E-state index contributed by atoms with van der Waals surface area (Å²) < 4.78 is 30.9. The smallest absolute Gasteiger partial charge is 0.139 e. The number of hydrogen-bond donors (Lipinski definition) is 0. The quantitative estimate of drug-likeness (QED) is 0.172. The van der Waals surface area contributed by atoms with Crippen LogP contribution in [-0.4, -0.2) is 29.1 Å². The summed E-state index contributed by atoms with van der Waals surface area (Å²) in [5.74, 6) is 0.388. The zero-order chi connectivity index (χ0) is 35.8. The topological polar surface area (TPSA) is 62.7 Å². The first-order valence-corrected chi connectivity index (χ1v) is 16.8. The van der Waals surface area contributed by atoms with E-state index in [4.69, 9.17) is 12.5 Å². The standard InChI is InChI=1S/C43H36N6O/c1-27(2)33-13-8-15-37-38-16-9-14-34(28(3)4)43(38)48(42(33)37)30-20-21-44-41(25-30)49-39-17-6-5-12-35(39)36-19-18-32(26-40(36)49)50-31-11-7-10-29(24-31)47-23-22-45-46-47/h5-28H,1-4H3/i27D,28D. The van der Waals surface area contributed by atoms with E-state index in [0.29, 0.717) is 11.5 Å². The van der Waals surface area contributed by atoms with E-state index in [0.717, 1.165) is 71.9 Å². The van der Waals surface area contributed by atoms with Gasteiger partial charge in [-0.1, -0.05) is 93.6 Å².